The van der Waals surface area contributed by atoms with Crippen LogP contribution in [0.5, 0.6) is 0 Å². The van der Waals surface area contributed by atoms with E-state index >= 15 is 0 Å². The van der Waals surface area contributed by atoms with E-state index in [4.69, 9.17) is 4.98 Å². The third kappa shape index (κ3) is 3.72. The van der Waals surface area contributed by atoms with Crippen molar-refractivity contribution in [2.24, 2.45) is 13.0 Å². The molecule has 1 saturated carbocycles. The zero-order chi connectivity index (χ0) is 20.5. The summed E-state index contributed by atoms with van der Waals surface area (Å²) in [7, 11) is 2.03. The maximum Gasteiger partial charge on any atom is 0.224 e. The average Bonchev–Trinajstić information content (AvgIpc) is 3.34. The number of nitrogens with one attached hydrogen (secondary N) is 2. The fraction of sp³-hybridized carbons (Fsp3) is 0.360. The van der Waals surface area contributed by atoms with Crippen molar-refractivity contribution in [1.29, 1.82) is 0 Å². The van der Waals surface area contributed by atoms with Crippen molar-refractivity contribution in [2.75, 3.05) is 6.54 Å². The molecule has 154 valence electrons. The van der Waals surface area contributed by atoms with Gasteiger partial charge in [-0.15, -0.1) is 0 Å². The number of hydrogen-bond acceptors (Lipinski definition) is 2. The molecule has 4 aromatic rings. The maximum absolute atomic E-state index is 12.6. The lowest BCUT2D eigenvalue weighted by molar-refractivity contribution is -0.120. The Morgan fingerprint density at radius 1 is 1.10 bits per heavy atom. The van der Waals surface area contributed by atoms with Gasteiger partial charge >= 0.3 is 0 Å². The van der Waals surface area contributed by atoms with Crippen LogP contribution >= 0.6 is 0 Å². The molecule has 0 bridgehead atoms. The fourth-order valence-electron chi connectivity index (χ4n) is 4.87. The molecule has 0 radical (unpaired) electrons. The van der Waals surface area contributed by atoms with E-state index in [1.807, 2.05) is 31.3 Å². The number of imidazole rings is 1. The van der Waals surface area contributed by atoms with Gasteiger partial charge in [0.05, 0.1) is 17.5 Å². The molecule has 2 aromatic heterocycles. The first kappa shape index (κ1) is 18.9. The van der Waals surface area contributed by atoms with E-state index < -0.39 is 0 Å². The van der Waals surface area contributed by atoms with Crippen molar-refractivity contribution in [3.63, 3.8) is 0 Å². The van der Waals surface area contributed by atoms with Crippen molar-refractivity contribution >= 4 is 27.8 Å². The third-order valence-corrected chi connectivity index (χ3v) is 6.56. The largest absolute Gasteiger partial charge is 0.356 e. The van der Waals surface area contributed by atoms with Gasteiger partial charge < -0.3 is 14.9 Å². The number of aromatic nitrogens is 3. The Bertz CT molecular complexity index is 1150. The van der Waals surface area contributed by atoms with E-state index in [1.165, 1.54) is 10.9 Å². The summed E-state index contributed by atoms with van der Waals surface area (Å²) >= 11 is 0. The van der Waals surface area contributed by atoms with Crippen molar-refractivity contribution in [2.45, 2.75) is 38.0 Å². The number of rotatable bonds is 5. The molecule has 5 heteroatoms. The Hall–Kier alpha value is -3.08. The molecule has 1 aliphatic carbocycles. The fourth-order valence-corrected chi connectivity index (χ4v) is 4.87. The van der Waals surface area contributed by atoms with E-state index in [1.54, 1.807) is 0 Å². The summed E-state index contributed by atoms with van der Waals surface area (Å²) in [6.07, 6.45) is 7.04. The Kier molecular flexibility index (Phi) is 5.03. The molecular formula is C25H28N4O. The highest BCUT2D eigenvalue weighted by Gasteiger charge is 2.25. The molecule has 1 fully saturated rings. The van der Waals surface area contributed by atoms with Gasteiger partial charge in [0.25, 0.3) is 0 Å². The lowest BCUT2D eigenvalue weighted by atomic mass is 9.81. The molecule has 0 atom stereocenters. The molecule has 30 heavy (non-hydrogen) atoms. The molecule has 1 aliphatic rings. The van der Waals surface area contributed by atoms with Gasteiger partial charge in [-0.2, -0.15) is 0 Å². The maximum atomic E-state index is 12.6. The SMILES string of the molecule is Cn1cc(CC(=O)NCC2CCC(c3nc4ccccc4[nH]3)CC2)c2ccccc21. The molecule has 2 heterocycles. The van der Waals surface area contributed by atoms with Crippen LogP contribution in [0, 0.1) is 5.92 Å². The number of hydrogen-bond donors (Lipinski definition) is 2. The van der Waals surface area contributed by atoms with E-state index in [-0.39, 0.29) is 5.91 Å². The summed E-state index contributed by atoms with van der Waals surface area (Å²) in [6.45, 7) is 0.774. The van der Waals surface area contributed by atoms with Crippen LogP contribution in [0.4, 0.5) is 0 Å². The standard InChI is InChI=1S/C25H28N4O/c1-29-16-19(20-6-2-5-9-23(20)29)14-24(30)26-15-17-10-12-18(13-11-17)25-27-21-7-3-4-8-22(21)28-25/h2-9,16-18H,10-15H2,1H3,(H,26,30)(H,27,28). The molecular weight excluding hydrogens is 372 g/mol. The number of fused-ring (bicyclic) bond motifs is 2. The van der Waals surface area contributed by atoms with Crippen LogP contribution in [0.3, 0.4) is 0 Å². The van der Waals surface area contributed by atoms with E-state index in [0.717, 1.165) is 54.6 Å². The van der Waals surface area contributed by atoms with E-state index in [2.05, 4.69) is 45.3 Å². The molecule has 0 aliphatic heterocycles. The topological polar surface area (TPSA) is 62.7 Å². The quantitative estimate of drug-likeness (QED) is 0.511. The normalized spacial score (nSPS) is 19.4. The van der Waals surface area contributed by atoms with Crippen molar-refractivity contribution < 1.29 is 4.79 Å². The van der Waals surface area contributed by atoms with Gasteiger partial charge in [-0.3, -0.25) is 4.79 Å². The smallest absolute Gasteiger partial charge is 0.224 e. The minimum atomic E-state index is 0.116. The molecule has 0 saturated heterocycles. The zero-order valence-electron chi connectivity index (χ0n) is 17.4. The predicted molar refractivity (Wildman–Crippen MR) is 120 cm³/mol. The highest BCUT2D eigenvalue weighted by Crippen LogP contribution is 2.35. The van der Waals surface area contributed by atoms with Gasteiger partial charge in [0.15, 0.2) is 0 Å². The number of para-hydroxylation sites is 3. The molecule has 5 rings (SSSR count). The summed E-state index contributed by atoms with van der Waals surface area (Å²) < 4.78 is 2.09. The number of carbonyl (C=O) groups excluding carboxylic acids is 1. The summed E-state index contributed by atoms with van der Waals surface area (Å²) in [5.41, 5.74) is 4.44. The Balaban J connectivity index is 1.14. The molecule has 0 unspecified atom stereocenters. The van der Waals surface area contributed by atoms with E-state index in [0.29, 0.717) is 18.3 Å². The van der Waals surface area contributed by atoms with Gasteiger partial charge in [-0.1, -0.05) is 30.3 Å². The van der Waals surface area contributed by atoms with Crippen LogP contribution in [0.1, 0.15) is 43.0 Å². The van der Waals surface area contributed by atoms with Crippen LogP contribution < -0.4 is 5.32 Å². The molecule has 0 spiro atoms. The van der Waals surface area contributed by atoms with Gasteiger partial charge in [-0.05, 0) is 55.4 Å². The first-order valence-corrected chi connectivity index (χ1v) is 10.9. The van der Waals surface area contributed by atoms with Gasteiger partial charge in [0, 0.05) is 36.6 Å². The monoisotopic (exact) mass is 400 g/mol. The highest BCUT2D eigenvalue weighted by atomic mass is 16.1. The highest BCUT2D eigenvalue weighted by molar-refractivity contribution is 5.89. The van der Waals surface area contributed by atoms with Crippen LogP contribution in [0.25, 0.3) is 21.9 Å². The second-order valence-electron chi connectivity index (χ2n) is 8.62. The minimum Gasteiger partial charge on any atom is -0.356 e. The number of H-pyrrole nitrogens is 1. The second-order valence-corrected chi connectivity index (χ2v) is 8.62. The first-order chi connectivity index (χ1) is 14.7. The van der Waals surface area contributed by atoms with Crippen LogP contribution in [-0.2, 0) is 18.3 Å². The van der Waals surface area contributed by atoms with Crippen molar-refractivity contribution in [3.05, 3.63) is 66.1 Å². The number of nitrogens with zero attached hydrogens (tertiary/aromatic N) is 2. The second kappa shape index (κ2) is 7.98. The Morgan fingerprint density at radius 2 is 1.87 bits per heavy atom. The number of amides is 1. The van der Waals surface area contributed by atoms with Gasteiger partial charge in [0.1, 0.15) is 5.82 Å². The summed E-state index contributed by atoms with van der Waals surface area (Å²) in [5, 5.41) is 4.35. The Labute approximate surface area is 176 Å². The van der Waals surface area contributed by atoms with Crippen LogP contribution in [0.15, 0.2) is 54.7 Å². The molecule has 5 nitrogen and oxygen atoms in total. The zero-order valence-corrected chi connectivity index (χ0v) is 17.4. The average molecular weight is 401 g/mol. The minimum absolute atomic E-state index is 0.116. The summed E-state index contributed by atoms with van der Waals surface area (Å²) in [6, 6.07) is 16.5. The molecule has 2 N–H and O–H groups in total. The predicted octanol–water partition coefficient (Wildman–Crippen LogP) is 4.69. The summed E-state index contributed by atoms with van der Waals surface area (Å²) in [5.74, 6) is 2.29. The lowest BCUT2D eigenvalue weighted by Crippen LogP contribution is -2.32. The molecule has 2 aromatic carbocycles. The lowest BCUT2D eigenvalue weighted by Gasteiger charge is -2.27. The van der Waals surface area contributed by atoms with Gasteiger partial charge in [-0.25, -0.2) is 4.98 Å². The number of carbonyl (C=O) groups is 1. The van der Waals surface area contributed by atoms with Crippen molar-refractivity contribution in [3.8, 4) is 0 Å². The number of aromatic amines is 1. The Morgan fingerprint density at radius 3 is 2.70 bits per heavy atom. The van der Waals surface area contributed by atoms with E-state index in [9.17, 15) is 4.79 Å². The molecule has 1 amide bonds. The summed E-state index contributed by atoms with van der Waals surface area (Å²) in [4.78, 5) is 20.8. The number of aryl methyl sites for hydroxylation is 1. The third-order valence-electron chi connectivity index (χ3n) is 6.56. The first-order valence-electron chi connectivity index (χ1n) is 10.9. The van der Waals surface area contributed by atoms with Gasteiger partial charge in [0.2, 0.25) is 5.91 Å². The van der Waals surface area contributed by atoms with Crippen LogP contribution in [-0.4, -0.2) is 27.0 Å². The van der Waals surface area contributed by atoms with Crippen LogP contribution in [0.2, 0.25) is 0 Å². The number of benzene rings is 2. The van der Waals surface area contributed by atoms with Crippen molar-refractivity contribution in [1.82, 2.24) is 19.9 Å².